The van der Waals surface area contributed by atoms with Crippen LogP contribution >= 0.6 is 23.2 Å². The molecule has 0 amide bonds. The Labute approximate surface area is 119 Å². The minimum absolute atomic E-state index is 0.399. The first-order chi connectivity index (χ1) is 8.63. The summed E-state index contributed by atoms with van der Waals surface area (Å²) in [6, 6.07) is 5.99. The minimum Gasteiger partial charge on any atom is -0.319 e. The zero-order chi connectivity index (χ0) is 12.8. The van der Waals surface area contributed by atoms with E-state index in [-0.39, 0.29) is 0 Å². The van der Waals surface area contributed by atoms with Gasteiger partial charge in [0.1, 0.15) is 0 Å². The molecule has 1 aromatic rings. The summed E-state index contributed by atoms with van der Waals surface area (Å²) in [5.41, 5.74) is 1.61. The molecule has 0 aliphatic heterocycles. The van der Waals surface area contributed by atoms with Crippen molar-refractivity contribution in [3.8, 4) is 0 Å². The summed E-state index contributed by atoms with van der Waals surface area (Å²) in [6.45, 7) is 1.09. The van der Waals surface area contributed by atoms with Gasteiger partial charge in [0.15, 0.2) is 0 Å². The Morgan fingerprint density at radius 1 is 1.28 bits per heavy atom. The Kier molecular flexibility index (Phi) is 3.34. The van der Waals surface area contributed by atoms with Crippen LogP contribution < -0.4 is 5.32 Å². The van der Waals surface area contributed by atoms with Crippen molar-refractivity contribution in [3.63, 3.8) is 0 Å². The second-order valence-electron chi connectivity index (χ2n) is 6.08. The number of fused-ring (bicyclic) bond motifs is 1. The quantitative estimate of drug-likeness (QED) is 0.875. The fraction of sp³-hybridized carbons (Fsp3) is 0.600. The highest BCUT2D eigenvalue weighted by Crippen LogP contribution is 2.60. The number of hydrogen-bond donors (Lipinski definition) is 1. The summed E-state index contributed by atoms with van der Waals surface area (Å²) < 4.78 is 0. The van der Waals surface area contributed by atoms with E-state index in [0.29, 0.717) is 10.4 Å². The van der Waals surface area contributed by atoms with Crippen LogP contribution in [-0.2, 0) is 6.42 Å². The van der Waals surface area contributed by atoms with Crippen molar-refractivity contribution in [1.82, 2.24) is 5.32 Å². The number of halogens is 2. The van der Waals surface area contributed by atoms with Gasteiger partial charge in [-0.15, -0.1) is 0 Å². The van der Waals surface area contributed by atoms with Gasteiger partial charge in [-0.2, -0.15) is 0 Å². The van der Waals surface area contributed by atoms with E-state index in [1.807, 2.05) is 19.2 Å². The molecule has 0 radical (unpaired) electrons. The lowest BCUT2D eigenvalue weighted by Crippen LogP contribution is -2.33. The molecule has 0 bridgehead atoms. The van der Waals surface area contributed by atoms with E-state index in [1.165, 1.54) is 24.8 Å². The van der Waals surface area contributed by atoms with Crippen LogP contribution in [0.15, 0.2) is 18.2 Å². The number of rotatable bonds is 4. The first-order valence-electron chi connectivity index (χ1n) is 6.71. The van der Waals surface area contributed by atoms with Crippen molar-refractivity contribution < 1.29 is 0 Å². The third kappa shape index (κ3) is 2.29. The predicted molar refractivity (Wildman–Crippen MR) is 77.4 cm³/mol. The summed E-state index contributed by atoms with van der Waals surface area (Å²) in [5.74, 6) is 1.97. The fourth-order valence-electron chi connectivity index (χ4n) is 3.82. The number of hydrogen-bond acceptors (Lipinski definition) is 1. The molecule has 2 fully saturated rings. The second kappa shape index (κ2) is 4.70. The molecule has 2 unspecified atom stereocenters. The van der Waals surface area contributed by atoms with Gasteiger partial charge < -0.3 is 5.32 Å². The van der Waals surface area contributed by atoms with Crippen LogP contribution in [0.1, 0.15) is 24.8 Å². The summed E-state index contributed by atoms with van der Waals surface area (Å²) in [5, 5.41) is 4.79. The molecule has 2 saturated carbocycles. The fourth-order valence-corrected chi connectivity index (χ4v) is 4.21. The standard InChI is InChI=1S/C15H19Cl2N/c1-18-9-15(7-11-5-12(11)8-15)6-10-3-2-4-13(16)14(10)17/h2-4,11-12,18H,5-9H2,1H3. The van der Waals surface area contributed by atoms with E-state index in [4.69, 9.17) is 23.2 Å². The minimum atomic E-state index is 0.399. The van der Waals surface area contributed by atoms with Gasteiger partial charge in [-0.1, -0.05) is 35.3 Å². The maximum atomic E-state index is 6.33. The van der Waals surface area contributed by atoms with Crippen molar-refractivity contribution in [2.75, 3.05) is 13.6 Å². The van der Waals surface area contributed by atoms with Gasteiger partial charge in [-0.05, 0) is 61.6 Å². The first-order valence-corrected chi connectivity index (χ1v) is 7.47. The molecule has 2 atom stereocenters. The molecule has 1 aromatic carbocycles. The summed E-state index contributed by atoms with van der Waals surface area (Å²) >= 11 is 12.4. The largest absolute Gasteiger partial charge is 0.319 e. The molecular weight excluding hydrogens is 265 g/mol. The third-order valence-electron chi connectivity index (χ3n) is 4.61. The molecule has 2 aliphatic carbocycles. The van der Waals surface area contributed by atoms with Crippen molar-refractivity contribution in [2.24, 2.45) is 17.3 Å². The lowest BCUT2D eigenvalue weighted by atomic mass is 9.77. The molecule has 0 aromatic heterocycles. The van der Waals surface area contributed by atoms with Crippen LogP contribution in [0.3, 0.4) is 0 Å². The zero-order valence-electron chi connectivity index (χ0n) is 10.7. The highest BCUT2D eigenvalue weighted by molar-refractivity contribution is 6.42. The first kappa shape index (κ1) is 12.8. The highest BCUT2D eigenvalue weighted by Gasteiger charge is 2.53. The van der Waals surface area contributed by atoms with Gasteiger partial charge in [0.2, 0.25) is 0 Å². The van der Waals surface area contributed by atoms with Crippen molar-refractivity contribution in [3.05, 3.63) is 33.8 Å². The number of benzene rings is 1. The Morgan fingerprint density at radius 2 is 2.00 bits per heavy atom. The molecule has 0 heterocycles. The van der Waals surface area contributed by atoms with E-state index >= 15 is 0 Å². The van der Waals surface area contributed by atoms with Crippen molar-refractivity contribution >= 4 is 23.2 Å². The molecule has 3 rings (SSSR count). The van der Waals surface area contributed by atoms with Crippen LogP contribution in [0.2, 0.25) is 10.0 Å². The van der Waals surface area contributed by atoms with Crippen LogP contribution in [0, 0.1) is 17.3 Å². The molecule has 0 spiro atoms. The molecule has 1 N–H and O–H groups in total. The lowest BCUT2D eigenvalue weighted by Gasteiger charge is -2.31. The summed E-state index contributed by atoms with van der Waals surface area (Å²) in [7, 11) is 2.05. The average Bonchev–Trinajstić information content (AvgIpc) is 2.94. The molecule has 2 aliphatic rings. The summed E-state index contributed by atoms with van der Waals surface area (Å²) in [4.78, 5) is 0. The van der Waals surface area contributed by atoms with Crippen molar-refractivity contribution in [1.29, 1.82) is 0 Å². The maximum absolute atomic E-state index is 6.33. The summed E-state index contributed by atoms with van der Waals surface area (Å²) in [6.07, 6.45) is 5.21. The topological polar surface area (TPSA) is 12.0 Å². The van der Waals surface area contributed by atoms with E-state index in [9.17, 15) is 0 Å². The predicted octanol–water partition coefficient (Wildman–Crippen LogP) is 4.17. The van der Waals surface area contributed by atoms with Gasteiger partial charge in [-0.3, -0.25) is 0 Å². The van der Waals surface area contributed by atoms with Gasteiger partial charge >= 0.3 is 0 Å². The van der Waals surface area contributed by atoms with Crippen LogP contribution in [0.25, 0.3) is 0 Å². The van der Waals surface area contributed by atoms with Gasteiger partial charge in [0.05, 0.1) is 10.0 Å². The Hall–Kier alpha value is -0.240. The monoisotopic (exact) mass is 283 g/mol. The second-order valence-corrected chi connectivity index (χ2v) is 6.87. The van der Waals surface area contributed by atoms with Gasteiger partial charge in [0.25, 0.3) is 0 Å². The smallest absolute Gasteiger partial charge is 0.0624 e. The number of nitrogens with one attached hydrogen (secondary N) is 1. The van der Waals surface area contributed by atoms with Crippen LogP contribution in [0.5, 0.6) is 0 Å². The van der Waals surface area contributed by atoms with Gasteiger partial charge in [0, 0.05) is 6.54 Å². The Bertz CT molecular complexity index is 448. The normalized spacial score (nSPS) is 33.5. The molecule has 0 saturated heterocycles. The van der Waals surface area contributed by atoms with E-state index < -0.39 is 0 Å². The van der Waals surface area contributed by atoms with E-state index in [1.54, 1.807) is 0 Å². The molecule has 18 heavy (non-hydrogen) atoms. The molecule has 3 heteroatoms. The van der Waals surface area contributed by atoms with Crippen LogP contribution in [0.4, 0.5) is 0 Å². The third-order valence-corrected chi connectivity index (χ3v) is 5.47. The maximum Gasteiger partial charge on any atom is 0.0624 e. The SMILES string of the molecule is CNCC1(Cc2cccc(Cl)c2Cl)CC2CC2C1. The Morgan fingerprint density at radius 3 is 2.67 bits per heavy atom. The van der Waals surface area contributed by atoms with Gasteiger partial charge in [-0.25, -0.2) is 0 Å². The molecule has 98 valence electrons. The highest BCUT2D eigenvalue weighted by atomic mass is 35.5. The van der Waals surface area contributed by atoms with E-state index in [0.717, 1.165) is 29.8 Å². The molecular formula is C15H19Cl2N. The average molecular weight is 284 g/mol. The molecule has 1 nitrogen and oxygen atoms in total. The lowest BCUT2D eigenvalue weighted by molar-refractivity contribution is 0.255. The van der Waals surface area contributed by atoms with E-state index in [2.05, 4.69) is 11.4 Å². The van der Waals surface area contributed by atoms with Crippen molar-refractivity contribution in [2.45, 2.75) is 25.7 Å². The zero-order valence-corrected chi connectivity index (χ0v) is 12.2. The Balaban J connectivity index is 1.82. The van der Waals surface area contributed by atoms with Crippen LogP contribution in [-0.4, -0.2) is 13.6 Å².